The average Bonchev–Trinajstić information content (AvgIpc) is 3.04. The van der Waals surface area contributed by atoms with E-state index in [1.807, 2.05) is 11.8 Å². The van der Waals surface area contributed by atoms with Crippen LogP contribution in [0.15, 0.2) is 35.0 Å². The zero-order chi connectivity index (χ0) is 13.8. The predicted octanol–water partition coefficient (Wildman–Crippen LogP) is 2.96. The summed E-state index contributed by atoms with van der Waals surface area (Å²) in [6.07, 6.45) is 5.23. The van der Waals surface area contributed by atoms with Gasteiger partial charge in [-0.15, -0.1) is 11.8 Å². The van der Waals surface area contributed by atoms with Crippen LogP contribution in [-0.4, -0.2) is 41.3 Å². The molecule has 0 aliphatic carbocycles. The molecule has 0 fully saturated rings. The van der Waals surface area contributed by atoms with Crippen LogP contribution in [0.5, 0.6) is 0 Å². The van der Waals surface area contributed by atoms with Crippen molar-refractivity contribution in [3.63, 3.8) is 0 Å². The average molecular weight is 280 g/mol. The van der Waals surface area contributed by atoms with Gasteiger partial charge in [0.1, 0.15) is 0 Å². The topological polar surface area (TPSA) is 28.4 Å². The van der Waals surface area contributed by atoms with Crippen molar-refractivity contribution in [2.75, 3.05) is 26.7 Å². The first-order valence-electron chi connectivity index (χ1n) is 7.01. The van der Waals surface area contributed by atoms with Gasteiger partial charge >= 0.3 is 0 Å². The van der Waals surface area contributed by atoms with Crippen LogP contribution < -0.4 is 0 Å². The number of hydrogen-bond donors (Lipinski definition) is 1. The molecule has 0 spiro atoms. The minimum absolute atomic E-state index is 0.234. The van der Waals surface area contributed by atoms with Gasteiger partial charge in [-0.25, -0.2) is 0 Å². The maximum Gasteiger partial charge on any atom is 0.0918 e. The standard InChI is InChI=1S/C15H24N2OS/c1-4-12-13(11-18)15(17-8-6-7-9-17)19-14(12)10-16(3)5-2/h6-9,13,15,18H,4-5,10-11H2,1-3H3. The third kappa shape index (κ3) is 3.07. The molecule has 0 saturated carbocycles. The van der Waals surface area contributed by atoms with E-state index in [0.29, 0.717) is 5.37 Å². The Bertz CT molecular complexity index is 427. The highest BCUT2D eigenvalue weighted by molar-refractivity contribution is 8.03. The van der Waals surface area contributed by atoms with Crippen LogP contribution in [0.3, 0.4) is 0 Å². The second kappa shape index (κ2) is 6.64. The number of aromatic nitrogens is 1. The summed E-state index contributed by atoms with van der Waals surface area (Å²) in [5.74, 6) is 0.252. The molecule has 2 heterocycles. The zero-order valence-corrected chi connectivity index (χ0v) is 12.9. The number of aliphatic hydroxyl groups is 1. The Morgan fingerprint density at radius 3 is 2.53 bits per heavy atom. The molecule has 106 valence electrons. The van der Waals surface area contributed by atoms with Crippen molar-refractivity contribution in [3.8, 4) is 0 Å². The van der Waals surface area contributed by atoms with E-state index in [9.17, 15) is 5.11 Å². The Labute approximate surface area is 120 Å². The largest absolute Gasteiger partial charge is 0.396 e. The molecular formula is C15H24N2OS. The van der Waals surface area contributed by atoms with Gasteiger partial charge in [0.15, 0.2) is 0 Å². The summed E-state index contributed by atoms with van der Waals surface area (Å²) in [4.78, 5) is 3.77. The molecule has 1 aromatic heterocycles. The smallest absolute Gasteiger partial charge is 0.0918 e. The summed E-state index contributed by atoms with van der Waals surface area (Å²) in [5, 5.41) is 10.1. The van der Waals surface area contributed by atoms with E-state index in [0.717, 1.165) is 19.5 Å². The number of nitrogens with zero attached hydrogens (tertiary/aromatic N) is 2. The van der Waals surface area contributed by atoms with E-state index in [-0.39, 0.29) is 12.5 Å². The maximum absolute atomic E-state index is 9.77. The molecule has 1 aliphatic heterocycles. The molecule has 2 unspecified atom stereocenters. The lowest BCUT2D eigenvalue weighted by Gasteiger charge is -2.21. The van der Waals surface area contributed by atoms with E-state index in [4.69, 9.17) is 0 Å². The highest BCUT2D eigenvalue weighted by Gasteiger charge is 2.35. The lowest BCUT2D eigenvalue weighted by molar-refractivity contribution is 0.229. The Morgan fingerprint density at radius 2 is 2.00 bits per heavy atom. The summed E-state index contributed by atoms with van der Waals surface area (Å²) in [6.45, 7) is 6.66. The third-order valence-electron chi connectivity index (χ3n) is 3.87. The summed E-state index contributed by atoms with van der Waals surface area (Å²) >= 11 is 1.92. The minimum atomic E-state index is 0.234. The molecule has 1 N–H and O–H groups in total. The van der Waals surface area contributed by atoms with Crippen LogP contribution in [0.1, 0.15) is 25.6 Å². The Hall–Kier alpha value is -0.710. The highest BCUT2D eigenvalue weighted by atomic mass is 32.2. The molecule has 0 bridgehead atoms. The van der Waals surface area contributed by atoms with Gasteiger partial charge in [-0.05, 0) is 32.1 Å². The van der Waals surface area contributed by atoms with Crippen LogP contribution in [-0.2, 0) is 0 Å². The lowest BCUT2D eigenvalue weighted by Crippen LogP contribution is -2.20. The maximum atomic E-state index is 9.77. The van der Waals surface area contributed by atoms with Crippen molar-refractivity contribution >= 4 is 11.8 Å². The van der Waals surface area contributed by atoms with Gasteiger partial charge in [0.25, 0.3) is 0 Å². The number of likely N-dealkylation sites (N-methyl/N-ethyl adjacent to an activating group) is 1. The molecule has 0 radical (unpaired) electrons. The van der Waals surface area contributed by atoms with Crippen molar-refractivity contribution in [1.82, 2.24) is 9.47 Å². The number of thioether (sulfide) groups is 1. The Kier molecular flexibility index (Phi) is 5.13. The molecule has 4 heteroatoms. The molecule has 19 heavy (non-hydrogen) atoms. The van der Waals surface area contributed by atoms with Crippen LogP contribution in [0.4, 0.5) is 0 Å². The minimum Gasteiger partial charge on any atom is -0.396 e. The van der Waals surface area contributed by atoms with E-state index in [1.54, 1.807) is 0 Å². The van der Waals surface area contributed by atoms with Gasteiger partial charge in [0, 0.05) is 29.8 Å². The Balaban J connectivity index is 2.21. The number of aliphatic hydroxyl groups excluding tert-OH is 1. The third-order valence-corrected chi connectivity index (χ3v) is 5.35. The van der Waals surface area contributed by atoms with E-state index < -0.39 is 0 Å². The first kappa shape index (κ1) is 14.7. The predicted molar refractivity (Wildman–Crippen MR) is 82.1 cm³/mol. The van der Waals surface area contributed by atoms with Gasteiger partial charge in [-0.2, -0.15) is 0 Å². The fourth-order valence-electron chi connectivity index (χ4n) is 2.62. The molecule has 1 aliphatic rings. The summed E-state index contributed by atoms with van der Waals surface area (Å²) in [5.41, 5.74) is 1.44. The fourth-order valence-corrected chi connectivity index (χ4v) is 4.33. The van der Waals surface area contributed by atoms with Gasteiger partial charge in [-0.1, -0.05) is 19.4 Å². The monoisotopic (exact) mass is 280 g/mol. The van der Waals surface area contributed by atoms with Gasteiger partial charge in [-0.3, -0.25) is 0 Å². The van der Waals surface area contributed by atoms with Crippen molar-refractivity contribution in [1.29, 1.82) is 0 Å². The summed E-state index contributed by atoms with van der Waals surface area (Å²) in [7, 11) is 2.15. The SMILES string of the molecule is CCC1=C(CN(C)CC)SC(n2cccc2)C1CO. The van der Waals surface area contributed by atoms with Crippen LogP contribution in [0.25, 0.3) is 0 Å². The quantitative estimate of drug-likeness (QED) is 0.868. The molecule has 0 amide bonds. The number of rotatable bonds is 6. The van der Waals surface area contributed by atoms with Crippen molar-refractivity contribution in [2.24, 2.45) is 5.92 Å². The van der Waals surface area contributed by atoms with Crippen LogP contribution in [0, 0.1) is 5.92 Å². The molecule has 1 aromatic rings. The van der Waals surface area contributed by atoms with Crippen LogP contribution in [0.2, 0.25) is 0 Å². The fraction of sp³-hybridized carbons (Fsp3) is 0.600. The van der Waals surface area contributed by atoms with Crippen LogP contribution >= 0.6 is 11.8 Å². The highest BCUT2D eigenvalue weighted by Crippen LogP contribution is 2.49. The number of hydrogen-bond acceptors (Lipinski definition) is 3. The molecular weight excluding hydrogens is 256 g/mol. The summed E-state index contributed by atoms with van der Waals surface area (Å²) in [6, 6.07) is 4.10. The first-order valence-corrected chi connectivity index (χ1v) is 7.89. The van der Waals surface area contributed by atoms with E-state index >= 15 is 0 Å². The van der Waals surface area contributed by atoms with Crippen molar-refractivity contribution < 1.29 is 5.11 Å². The molecule has 3 nitrogen and oxygen atoms in total. The second-order valence-corrected chi connectivity index (χ2v) is 6.27. The molecule has 0 aromatic carbocycles. The van der Waals surface area contributed by atoms with Crippen molar-refractivity contribution in [2.45, 2.75) is 25.6 Å². The molecule has 0 saturated heterocycles. The van der Waals surface area contributed by atoms with E-state index in [2.05, 4.69) is 54.9 Å². The van der Waals surface area contributed by atoms with Gasteiger partial charge < -0.3 is 14.6 Å². The normalized spacial score (nSPS) is 23.6. The van der Waals surface area contributed by atoms with Crippen molar-refractivity contribution in [3.05, 3.63) is 35.0 Å². The zero-order valence-electron chi connectivity index (χ0n) is 12.0. The molecule has 2 rings (SSSR count). The molecule has 2 atom stereocenters. The first-order chi connectivity index (χ1) is 9.21. The van der Waals surface area contributed by atoms with E-state index in [1.165, 1.54) is 10.5 Å². The lowest BCUT2D eigenvalue weighted by atomic mass is 9.97. The van der Waals surface area contributed by atoms with Gasteiger partial charge in [0.2, 0.25) is 0 Å². The second-order valence-electron chi connectivity index (χ2n) is 5.06. The Morgan fingerprint density at radius 1 is 1.32 bits per heavy atom. The van der Waals surface area contributed by atoms with Gasteiger partial charge in [0.05, 0.1) is 12.0 Å². The summed E-state index contributed by atoms with van der Waals surface area (Å²) < 4.78 is 2.22.